The zero-order chi connectivity index (χ0) is 25.9. The molecule has 2 heterocycles. The van der Waals surface area contributed by atoms with Crippen molar-refractivity contribution in [2.45, 2.75) is 58.9 Å². The first kappa shape index (κ1) is 25.9. The van der Waals surface area contributed by atoms with Gasteiger partial charge in [-0.1, -0.05) is 26.8 Å². The maximum atomic E-state index is 12.9. The SMILES string of the molecule is CC1(C)C2CCC1(C)C(NC(=O)Cc1ccnc(Nc3cccc(NCCCN4CCOCC4)c3)n1)C2. The summed E-state index contributed by atoms with van der Waals surface area (Å²) in [6.07, 6.45) is 6.63. The summed E-state index contributed by atoms with van der Waals surface area (Å²) in [4.78, 5) is 24.4. The highest BCUT2D eigenvalue weighted by Crippen LogP contribution is 2.65. The van der Waals surface area contributed by atoms with Crippen LogP contribution in [0.25, 0.3) is 0 Å². The summed E-state index contributed by atoms with van der Waals surface area (Å²) in [5.41, 5.74) is 3.15. The van der Waals surface area contributed by atoms with Crippen molar-refractivity contribution < 1.29 is 9.53 Å². The molecule has 200 valence electrons. The van der Waals surface area contributed by atoms with Crippen LogP contribution in [0.2, 0.25) is 0 Å². The van der Waals surface area contributed by atoms with E-state index in [1.807, 2.05) is 18.2 Å². The Morgan fingerprint density at radius 1 is 1.16 bits per heavy atom. The summed E-state index contributed by atoms with van der Waals surface area (Å²) in [7, 11) is 0. The lowest BCUT2D eigenvalue weighted by Gasteiger charge is -2.39. The minimum atomic E-state index is 0.0440. The summed E-state index contributed by atoms with van der Waals surface area (Å²) in [5.74, 6) is 1.25. The summed E-state index contributed by atoms with van der Waals surface area (Å²) in [6.45, 7) is 12.8. The monoisotopic (exact) mass is 506 g/mol. The van der Waals surface area contributed by atoms with Gasteiger partial charge in [0.15, 0.2) is 0 Å². The van der Waals surface area contributed by atoms with E-state index in [1.165, 1.54) is 12.8 Å². The Hall–Kier alpha value is -2.71. The van der Waals surface area contributed by atoms with Crippen LogP contribution in [-0.2, 0) is 16.0 Å². The van der Waals surface area contributed by atoms with Crippen molar-refractivity contribution in [3.63, 3.8) is 0 Å². The minimum Gasteiger partial charge on any atom is -0.385 e. The van der Waals surface area contributed by atoms with Gasteiger partial charge in [-0.05, 0) is 73.2 Å². The molecular weight excluding hydrogens is 464 g/mol. The number of morpholine rings is 1. The number of benzene rings is 1. The van der Waals surface area contributed by atoms with Gasteiger partial charge in [-0.2, -0.15) is 0 Å². The van der Waals surface area contributed by atoms with Crippen molar-refractivity contribution >= 4 is 23.2 Å². The molecule has 2 aromatic rings. The summed E-state index contributed by atoms with van der Waals surface area (Å²) in [6, 6.07) is 10.2. The van der Waals surface area contributed by atoms with Gasteiger partial charge in [0, 0.05) is 43.2 Å². The molecule has 1 aliphatic heterocycles. The number of carbonyl (C=O) groups excluding carboxylic acids is 1. The Morgan fingerprint density at radius 2 is 1.97 bits per heavy atom. The van der Waals surface area contributed by atoms with Crippen molar-refractivity contribution in [3.8, 4) is 0 Å². The smallest absolute Gasteiger partial charge is 0.227 e. The van der Waals surface area contributed by atoms with Crippen molar-refractivity contribution in [2.75, 3.05) is 50.0 Å². The summed E-state index contributed by atoms with van der Waals surface area (Å²) < 4.78 is 5.42. The second kappa shape index (κ2) is 11.0. The van der Waals surface area contributed by atoms with Crippen LogP contribution in [0.5, 0.6) is 0 Å². The lowest BCUT2D eigenvalue weighted by molar-refractivity contribution is -0.122. The average Bonchev–Trinajstić information content (AvgIpc) is 3.21. The molecule has 2 aliphatic carbocycles. The Balaban J connectivity index is 1.11. The topological polar surface area (TPSA) is 91.4 Å². The van der Waals surface area contributed by atoms with E-state index >= 15 is 0 Å². The number of ether oxygens (including phenoxy) is 1. The number of fused-ring (bicyclic) bond motifs is 2. The number of nitrogens with zero attached hydrogens (tertiary/aromatic N) is 3. The predicted octanol–water partition coefficient (Wildman–Crippen LogP) is 4.23. The van der Waals surface area contributed by atoms with Crippen LogP contribution in [0.4, 0.5) is 17.3 Å². The fourth-order valence-electron chi connectivity index (χ4n) is 6.58. The molecule has 37 heavy (non-hydrogen) atoms. The van der Waals surface area contributed by atoms with Gasteiger partial charge in [-0.25, -0.2) is 9.97 Å². The number of carbonyl (C=O) groups is 1. The third kappa shape index (κ3) is 5.75. The van der Waals surface area contributed by atoms with Crippen LogP contribution < -0.4 is 16.0 Å². The molecule has 3 unspecified atom stereocenters. The lowest BCUT2D eigenvalue weighted by atomic mass is 9.69. The molecule has 3 aliphatic rings. The van der Waals surface area contributed by atoms with E-state index in [0.717, 1.165) is 69.3 Å². The average molecular weight is 507 g/mol. The number of anilines is 3. The van der Waals surface area contributed by atoms with E-state index in [0.29, 0.717) is 11.9 Å². The number of nitrogens with one attached hydrogen (secondary N) is 3. The molecule has 1 aromatic carbocycles. The molecule has 2 saturated carbocycles. The van der Waals surface area contributed by atoms with E-state index < -0.39 is 0 Å². The van der Waals surface area contributed by atoms with Gasteiger partial charge in [0.2, 0.25) is 11.9 Å². The maximum Gasteiger partial charge on any atom is 0.227 e. The number of hydrogen-bond donors (Lipinski definition) is 3. The largest absolute Gasteiger partial charge is 0.385 e. The molecular formula is C29H42N6O2. The van der Waals surface area contributed by atoms with E-state index in [4.69, 9.17) is 4.74 Å². The number of rotatable bonds is 10. The zero-order valence-electron chi connectivity index (χ0n) is 22.6. The fraction of sp³-hybridized carbons (Fsp3) is 0.621. The molecule has 5 rings (SSSR count). The van der Waals surface area contributed by atoms with Gasteiger partial charge in [-0.15, -0.1) is 0 Å². The third-order valence-electron chi connectivity index (χ3n) is 9.39. The van der Waals surface area contributed by atoms with Gasteiger partial charge in [0.25, 0.3) is 0 Å². The highest BCUT2D eigenvalue weighted by Gasteiger charge is 2.61. The van der Waals surface area contributed by atoms with E-state index in [9.17, 15) is 4.79 Å². The van der Waals surface area contributed by atoms with E-state index in [2.05, 4.69) is 63.7 Å². The van der Waals surface area contributed by atoms with Crippen LogP contribution in [0.3, 0.4) is 0 Å². The number of aromatic nitrogens is 2. The van der Waals surface area contributed by atoms with Gasteiger partial charge in [0.05, 0.1) is 25.3 Å². The van der Waals surface area contributed by atoms with Crippen molar-refractivity contribution in [3.05, 3.63) is 42.2 Å². The standard InChI is InChI=1S/C29H42N6O2/c1-28(2)21-8-10-29(28,3)25(18-21)34-26(36)20-24-9-12-31-27(33-24)32-23-7-4-6-22(19-23)30-11-5-13-35-14-16-37-17-15-35/h4,6-7,9,12,19,21,25,30H,5,8,10-11,13-18,20H2,1-3H3,(H,34,36)(H,31,32,33). The molecule has 8 heteroatoms. The zero-order valence-corrected chi connectivity index (χ0v) is 22.6. The first-order valence-corrected chi connectivity index (χ1v) is 13.9. The fourth-order valence-corrected chi connectivity index (χ4v) is 6.58. The minimum absolute atomic E-state index is 0.0440. The molecule has 0 spiro atoms. The first-order chi connectivity index (χ1) is 17.8. The van der Waals surface area contributed by atoms with Crippen molar-refractivity contribution in [1.82, 2.24) is 20.2 Å². The molecule has 1 amide bonds. The van der Waals surface area contributed by atoms with Crippen LogP contribution in [-0.4, -0.2) is 66.2 Å². The second-order valence-electron chi connectivity index (χ2n) is 11.7. The van der Waals surface area contributed by atoms with Gasteiger partial charge in [-0.3, -0.25) is 9.69 Å². The van der Waals surface area contributed by atoms with Gasteiger partial charge in [0.1, 0.15) is 0 Å². The Labute approximate surface area is 221 Å². The van der Waals surface area contributed by atoms with E-state index in [1.54, 1.807) is 6.20 Å². The molecule has 3 fully saturated rings. The molecule has 3 atom stereocenters. The Morgan fingerprint density at radius 3 is 2.73 bits per heavy atom. The van der Waals surface area contributed by atoms with E-state index in [-0.39, 0.29) is 29.2 Å². The second-order valence-corrected chi connectivity index (χ2v) is 11.7. The van der Waals surface area contributed by atoms with Crippen molar-refractivity contribution in [2.24, 2.45) is 16.7 Å². The van der Waals surface area contributed by atoms with Crippen LogP contribution in [0.1, 0.15) is 52.1 Å². The number of amides is 1. The molecule has 2 bridgehead atoms. The van der Waals surface area contributed by atoms with Crippen molar-refractivity contribution in [1.29, 1.82) is 0 Å². The first-order valence-electron chi connectivity index (χ1n) is 13.9. The van der Waals surface area contributed by atoms with Gasteiger partial charge >= 0.3 is 0 Å². The molecule has 8 nitrogen and oxygen atoms in total. The Bertz CT molecular complexity index is 1090. The number of hydrogen-bond acceptors (Lipinski definition) is 7. The van der Waals surface area contributed by atoms with Gasteiger partial charge < -0.3 is 20.7 Å². The maximum absolute atomic E-state index is 12.9. The molecule has 0 radical (unpaired) electrons. The lowest BCUT2D eigenvalue weighted by Crippen LogP contribution is -2.47. The molecule has 3 N–H and O–H groups in total. The highest BCUT2D eigenvalue weighted by molar-refractivity contribution is 5.78. The Kier molecular flexibility index (Phi) is 7.67. The van der Waals surface area contributed by atoms with Crippen LogP contribution >= 0.6 is 0 Å². The normalized spacial score (nSPS) is 26.7. The predicted molar refractivity (Wildman–Crippen MR) is 147 cm³/mol. The summed E-state index contributed by atoms with van der Waals surface area (Å²) in [5, 5.41) is 10.1. The molecule has 1 aromatic heterocycles. The summed E-state index contributed by atoms with van der Waals surface area (Å²) >= 11 is 0. The van der Waals surface area contributed by atoms with Crippen LogP contribution in [0.15, 0.2) is 36.5 Å². The highest BCUT2D eigenvalue weighted by atomic mass is 16.5. The third-order valence-corrected chi connectivity index (χ3v) is 9.39. The molecule has 1 saturated heterocycles. The quantitative estimate of drug-likeness (QED) is 0.416. The van der Waals surface area contributed by atoms with Crippen LogP contribution in [0, 0.1) is 16.7 Å².